The third kappa shape index (κ3) is 4.98. The van der Waals surface area contributed by atoms with Crippen molar-refractivity contribution in [3.05, 3.63) is 100 Å². The van der Waals surface area contributed by atoms with Gasteiger partial charge in [0.1, 0.15) is 17.3 Å². The molecule has 1 heterocycles. The van der Waals surface area contributed by atoms with Gasteiger partial charge in [-0.05, 0) is 53.6 Å². The molecule has 1 amide bonds. The third-order valence-electron chi connectivity index (χ3n) is 4.60. The number of aliphatic imine (C=N–C) groups is 1. The van der Waals surface area contributed by atoms with Crippen LogP contribution in [-0.2, 0) is 10.5 Å². The average molecular weight is 453 g/mol. The van der Waals surface area contributed by atoms with Crippen molar-refractivity contribution in [3.8, 4) is 5.75 Å². The van der Waals surface area contributed by atoms with Gasteiger partial charge in [-0.1, -0.05) is 53.7 Å². The Morgan fingerprint density at radius 1 is 1.10 bits per heavy atom. The fourth-order valence-electron chi connectivity index (χ4n) is 3.02. The molecule has 0 fully saturated rings. The summed E-state index contributed by atoms with van der Waals surface area (Å²) in [5, 5.41) is 1.23. The Hall–Kier alpha value is -3.09. The zero-order chi connectivity index (χ0) is 21.8. The molecular formula is C24H18ClFN2O2S. The van der Waals surface area contributed by atoms with Crippen LogP contribution in [0, 0.1) is 5.82 Å². The van der Waals surface area contributed by atoms with E-state index in [9.17, 15) is 9.18 Å². The topological polar surface area (TPSA) is 41.9 Å². The lowest BCUT2D eigenvalue weighted by Crippen LogP contribution is -2.30. The molecule has 0 spiro atoms. The van der Waals surface area contributed by atoms with Gasteiger partial charge in [0.2, 0.25) is 0 Å². The number of amidine groups is 1. The Labute approximate surface area is 189 Å². The molecule has 3 aromatic rings. The minimum atomic E-state index is -0.333. The SMILES string of the molecule is COc1cccc(N2C(=O)/C(=C\c3ccc(F)cc3)N=C2SCc2ccc(Cl)cc2)c1. The summed E-state index contributed by atoms with van der Waals surface area (Å²) < 4.78 is 18.5. The molecular weight excluding hydrogens is 435 g/mol. The number of rotatable bonds is 5. The van der Waals surface area contributed by atoms with E-state index in [1.54, 1.807) is 36.3 Å². The van der Waals surface area contributed by atoms with Gasteiger partial charge in [-0.3, -0.25) is 9.69 Å². The van der Waals surface area contributed by atoms with Crippen LogP contribution in [0.25, 0.3) is 6.08 Å². The Morgan fingerprint density at radius 3 is 2.55 bits per heavy atom. The van der Waals surface area contributed by atoms with E-state index < -0.39 is 0 Å². The minimum Gasteiger partial charge on any atom is -0.497 e. The molecule has 0 radical (unpaired) electrons. The van der Waals surface area contributed by atoms with E-state index in [0.29, 0.717) is 32.9 Å². The Bertz CT molecular complexity index is 1160. The van der Waals surface area contributed by atoms with E-state index in [2.05, 4.69) is 4.99 Å². The van der Waals surface area contributed by atoms with Gasteiger partial charge < -0.3 is 4.74 Å². The van der Waals surface area contributed by atoms with E-state index in [4.69, 9.17) is 16.3 Å². The monoisotopic (exact) mass is 452 g/mol. The lowest BCUT2D eigenvalue weighted by molar-refractivity contribution is -0.113. The standard InChI is InChI=1S/C24H18ClFN2O2S/c1-30-21-4-2-3-20(14-21)28-23(29)22(13-16-7-11-19(26)12-8-16)27-24(28)31-15-17-5-9-18(25)10-6-17/h2-14H,15H2,1H3/b22-13+. The van der Waals surface area contributed by atoms with Gasteiger partial charge >= 0.3 is 0 Å². The van der Waals surface area contributed by atoms with E-state index in [-0.39, 0.29) is 17.4 Å². The summed E-state index contributed by atoms with van der Waals surface area (Å²) in [4.78, 5) is 19.4. The van der Waals surface area contributed by atoms with Gasteiger partial charge in [0, 0.05) is 16.8 Å². The normalized spacial score (nSPS) is 14.8. The molecule has 0 unspecified atom stereocenters. The van der Waals surface area contributed by atoms with Crippen molar-refractivity contribution in [3.63, 3.8) is 0 Å². The molecule has 1 aliphatic heterocycles. The number of halogens is 2. The predicted molar refractivity (Wildman–Crippen MR) is 125 cm³/mol. The summed E-state index contributed by atoms with van der Waals surface area (Å²) in [6.07, 6.45) is 1.66. The number of anilines is 1. The van der Waals surface area contributed by atoms with Gasteiger partial charge in [0.05, 0.1) is 12.8 Å². The summed E-state index contributed by atoms with van der Waals surface area (Å²) >= 11 is 7.42. The lowest BCUT2D eigenvalue weighted by atomic mass is 10.2. The van der Waals surface area contributed by atoms with Crippen LogP contribution in [0.5, 0.6) is 5.75 Å². The van der Waals surface area contributed by atoms with Gasteiger partial charge in [-0.25, -0.2) is 9.38 Å². The third-order valence-corrected chi connectivity index (χ3v) is 5.86. The minimum absolute atomic E-state index is 0.254. The van der Waals surface area contributed by atoms with Gasteiger partial charge in [-0.2, -0.15) is 0 Å². The van der Waals surface area contributed by atoms with Crippen LogP contribution in [0.2, 0.25) is 5.02 Å². The molecule has 0 saturated carbocycles. The van der Waals surface area contributed by atoms with Crippen molar-refractivity contribution in [2.45, 2.75) is 5.75 Å². The first-order valence-electron chi connectivity index (χ1n) is 9.45. The van der Waals surface area contributed by atoms with Crippen LogP contribution >= 0.6 is 23.4 Å². The maximum atomic E-state index is 13.2. The Balaban J connectivity index is 1.67. The Kier molecular flexibility index (Phi) is 6.39. The van der Waals surface area contributed by atoms with Crippen LogP contribution in [-0.4, -0.2) is 18.2 Å². The smallest absolute Gasteiger partial charge is 0.283 e. The molecule has 3 aromatic carbocycles. The first kappa shape index (κ1) is 21.2. The van der Waals surface area contributed by atoms with E-state index in [0.717, 1.165) is 5.56 Å². The van der Waals surface area contributed by atoms with Gasteiger partial charge in [-0.15, -0.1) is 0 Å². The summed E-state index contributed by atoms with van der Waals surface area (Å²) in [6.45, 7) is 0. The van der Waals surface area contributed by atoms with Crippen molar-refractivity contribution in [2.24, 2.45) is 4.99 Å². The Morgan fingerprint density at radius 2 is 1.84 bits per heavy atom. The number of benzene rings is 3. The number of carbonyl (C=O) groups excluding carboxylic acids is 1. The fourth-order valence-corrected chi connectivity index (χ4v) is 4.11. The van der Waals surface area contributed by atoms with Crippen LogP contribution in [0.3, 0.4) is 0 Å². The van der Waals surface area contributed by atoms with Crippen molar-refractivity contribution >= 4 is 46.2 Å². The number of thioether (sulfide) groups is 1. The van der Waals surface area contributed by atoms with Crippen LogP contribution < -0.4 is 9.64 Å². The molecule has 1 aliphatic rings. The van der Waals surface area contributed by atoms with Crippen molar-refractivity contribution in [1.82, 2.24) is 0 Å². The number of hydrogen-bond acceptors (Lipinski definition) is 4. The molecule has 0 bridgehead atoms. The zero-order valence-electron chi connectivity index (χ0n) is 16.6. The first-order valence-corrected chi connectivity index (χ1v) is 10.8. The lowest BCUT2D eigenvalue weighted by Gasteiger charge is -2.18. The van der Waals surface area contributed by atoms with Crippen LogP contribution in [0.1, 0.15) is 11.1 Å². The van der Waals surface area contributed by atoms with E-state index in [1.807, 2.05) is 42.5 Å². The summed E-state index contributed by atoms with van der Waals surface area (Å²) in [5.74, 6) is 0.674. The van der Waals surface area contributed by atoms with E-state index in [1.165, 1.54) is 23.9 Å². The molecule has 0 saturated heterocycles. The molecule has 31 heavy (non-hydrogen) atoms. The van der Waals surface area contributed by atoms with Crippen LogP contribution in [0.4, 0.5) is 10.1 Å². The number of nitrogens with zero attached hydrogens (tertiary/aromatic N) is 2. The highest BCUT2D eigenvalue weighted by Gasteiger charge is 2.32. The second kappa shape index (κ2) is 9.37. The number of ether oxygens (including phenoxy) is 1. The molecule has 156 valence electrons. The number of methoxy groups -OCH3 is 1. The summed E-state index contributed by atoms with van der Waals surface area (Å²) in [5.41, 5.74) is 2.70. The summed E-state index contributed by atoms with van der Waals surface area (Å²) in [7, 11) is 1.58. The molecule has 0 aromatic heterocycles. The number of hydrogen-bond donors (Lipinski definition) is 0. The highest BCUT2D eigenvalue weighted by molar-refractivity contribution is 8.13. The highest BCUT2D eigenvalue weighted by atomic mass is 35.5. The predicted octanol–water partition coefficient (Wildman–Crippen LogP) is 6.16. The van der Waals surface area contributed by atoms with Gasteiger partial charge in [0.15, 0.2) is 5.17 Å². The molecule has 4 rings (SSSR count). The molecule has 7 heteroatoms. The van der Waals surface area contributed by atoms with Gasteiger partial charge in [0.25, 0.3) is 5.91 Å². The maximum absolute atomic E-state index is 13.2. The molecule has 0 atom stereocenters. The van der Waals surface area contributed by atoms with Crippen molar-refractivity contribution in [2.75, 3.05) is 12.0 Å². The van der Waals surface area contributed by atoms with Crippen molar-refractivity contribution < 1.29 is 13.9 Å². The summed E-state index contributed by atoms with van der Waals surface area (Å²) in [6, 6.07) is 20.7. The second-order valence-electron chi connectivity index (χ2n) is 6.73. The first-order chi connectivity index (χ1) is 15.0. The molecule has 0 aliphatic carbocycles. The zero-order valence-corrected chi connectivity index (χ0v) is 18.2. The average Bonchev–Trinajstić information content (AvgIpc) is 3.10. The quantitative estimate of drug-likeness (QED) is 0.435. The number of amides is 1. The van der Waals surface area contributed by atoms with E-state index >= 15 is 0 Å². The largest absolute Gasteiger partial charge is 0.497 e. The maximum Gasteiger partial charge on any atom is 0.283 e. The highest BCUT2D eigenvalue weighted by Crippen LogP contribution is 2.32. The van der Waals surface area contributed by atoms with Crippen molar-refractivity contribution in [1.29, 1.82) is 0 Å². The number of carbonyl (C=O) groups is 1. The molecule has 0 N–H and O–H groups in total. The molecule has 4 nitrogen and oxygen atoms in total. The van der Waals surface area contributed by atoms with Crippen LogP contribution in [0.15, 0.2) is 83.5 Å². The fraction of sp³-hybridized carbons (Fsp3) is 0.0833. The second-order valence-corrected chi connectivity index (χ2v) is 8.11.